The number of carbonyl (C=O) groups excluding carboxylic acids is 2. The van der Waals surface area contributed by atoms with Crippen LogP contribution >= 0.6 is 0 Å². The number of aliphatic carboxylic acids is 1. The Kier molecular flexibility index (Phi) is 5.72. The van der Waals surface area contributed by atoms with E-state index in [1.165, 1.54) is 22.8 Å². The van der Waals surface area contributed by atoms with Crippen LogP contribution in [0, 0.1) is 0 Å². The fraction of sp³-hybridized carbons (Fsp3) is 0.320. The molecule has 180 valence electrons. The second-order valence-corrected chi connectivity index (χ2v) is 8.88. The molecule has 35 heavy (non-hydrogen) atoms. The molecule has 2 amide bonds. The highest BCUT2D eigenvalue weighted by molar-refractivity contribution is 5.89. The quantitative estimate of drug-likeness (QED) is 0.512. The van der Waals surface area contributed by atoms with Crippen molar-refractivity contribution in [2.45, 2.75) is 37.4 Å². The molecule has 0 spiro atoms. The molecule has 2 N–H and O–H groups in total. The van der Waals surface area contributed by atoms with Crippen LogP contribution in [0.2, 0.25) is 0 Å². The van der Waals surface area contributed by atoms with Crippen LogP contribution in [0.4, 0.5) is 4.79 Å². The van der Waals surface area contributed by atoms with E-state index in [1.54, 1.807) is 0 Å². The monoisotopic (exact) mass is 475 g/mol. The SMILES string of the molecule is CN(C(=O)Cn1cc(CNC(=O)OCC2c3ccccc3-c3ccccc32)nn1)C1(C(=O)O)CC1. The van der Waals surface area contributed by atoms with Gasteiger partial charge < -0.3 is 20.1 Å². The van der Waals surface area contributed by atoms with Gasteiger partial charge in [0, 0.05) is 13.0 Å². The molecule has 10 nitrogen and oxygen atoms in total. The average molecular weight is 476 g/mol. The van der Waals surface area contributed by atoms with Crippen molar-refractivity contribution in [2.24, 2.45) is 0 Å². The van der Waals surface area contributed by atoms with Crippen LogP contribution in [0.15, 0.2) is 54.7 Å². The number of nitrogens with zero attached hydrogens (tertiary/aromatic N) is 4. The molecule has 0 radical (unpaired) electrons. The van der Waals surface area contributed by atoms with E-state index in [-0.39, 0.29) is 31.5 Å². The van der Waals surface area contributed by atoms with Gasteiger partial charge in [0.15, 0.2) is 0 Å². The van der Waals surface area contributed by atoms with Crippen LogP contribution in [-0.4, -0.2) is 62.2 Å². The van der Waals surface area contributed by atoms with E-state index >= 15 is 0 Å². The van der Waals surface area contributed by atoms with Crippen LogP contribution in [0.25, 0.3) is 11.1 Å². The van der Waals surface area contributed by atoms with Crippen LogP contribution < -0.4 is 5.32 Å². The maximum absolute atomic E-state index is 12.4. The van der Waals surface area contributed by atoms with Crippen molar-refractivity contribution < 1.29 is 24.2 Å². The Bertz CT molecular complexity index is 1250. The minimum absolute atomic E-state index is 0.0300. The number of carboxylic acid groups (broad SMARTS) is 1. The van der Waals surface area contributed by atoms with Crippen molar-refractivity contribution in [1.82, 2.24) is 25.2 Å². The first-order valence-electron chi connectivity index (χ1n) is 11.4. The lowest BCUT2D eigenvalue weighted by atomic mass is 9.98. The van der Waals surface area contributed by atoms with Gasteiger partial charge >= 0.3 is 12.1 Å². The fourth-order valence-corrected chi connectivity index (χ4v) is 4.60. The number of carboxylic acids is 1. The third-order valence-electron chi connectivity index (χ3n) is 6.78. The predicted octanol–water partition coefficient (Wildman–Crippen LogP) is 2.39. The first-order valence-corrected chi connectivity index (χ1v) is 11.4. The Labute approximate surface area is 201 Å². The van der Waals surface area contributed by atoms with Crippen molar-refractivity contribution in [2.75, 3.05) is 13.7 Å². The zero-order valence-electron chi connectivity index (χ0n) is 19.2. The van der Waals surface area contributed by atoms with Gasteiger partial charge in [-0.25, -0.2) is 14.3 Å². The lowest BCUT2D eigenvalue weighted by Crippen LogP contribution is -2.46. The normalized spacial score (nSPS) is 15.1. The fourth-order valence-electron chi connectivity index (χ4n) is 4.60. The Morgan fingerprint density at radius 2 is 1.74 bits per heavy atom. The molecular formula is C25H25N5O5. The minimum Gasteiger partial charge on any atom is -0.479 e. The smallest absolute Gasteiger partial charge is 0.407 e. The summed E-state index contributed by atoms with van der Waals surface area (Å²) >= 11 is 0. The maximum atomic E-state index is 12.4. The average Bonchev–Trinajstić information content (AvgIpc) is 3.47. The van der Waals surface area contributed by atoms with Gasteiger partial charge in [0.05, 0.1) is 12.7 Å². The summed E-state index contributed by atoms with van der Waals surface area (Å²) in [5.41, 5.74) is 3.93. The number of amides is 2. The highest BCUT2D eigenvalue weighted by Gasteiger charge is 2.55. The third kappa shape index (κ3) is 4.23. The molecule has 1 heterocycles. The number of benzene rings is 2. The Balaban J connectivity index is 1.13. The zero-order valence-corrected chi connectivity index (χ0v) is 19.2. The Morgan fingerprint density at radius 3 is 2.34 bits per heavy atom. The van der Waals surface area contributed by atoms with Gasteiger partial charge in [-0.05, 0) is 35.1 Å². The third-order valence-corrected chi connectivity index (χ3v) is 6.78. The highest BCUT2D eigenvalue weighted by atomic mass is 16.5. The second kappa shape index (κ2) is 8.86. The number of nitrogens with one attached hydrogen (secondary N) is 1. The molecule has 0 unspecified atom stereocenters. The summed E-state index contributed by atoms with van der Waals surface area (Å²) in [6, 6.07) is 16.2. The van der Waals surface area contributed by atoms with Gasteiger partial charge in [0.2, 0.25) is 5.91 Å². The molecule has 1 aromatic heterocycles. The van der Waals surface area contributed by atoms with E-state index < -0.39 is 17.6 Å². The molecule has 0 saturated heterocycles. The molecule has 3 aromatic rings. The summed E-state index contributed by atoms with van der Waals surface area (Å²) in [7, 11) is 1.49. The van der Waals surface area contributed by atoms with E-state index in [2.05, 4.69) is 39.9 Å². The maximum Gasteiger partial charge on any atom is 0.407 e. The number of likely N-dealkylation sites (N-methyl/N-ethyl adjacent to an activating group) is 1. The molecule has 2 aliphatic rings. The van der Waals surface area contributed by atoms with Crippen molar-refractivity contribution in [3.8, 4) is 11.1 Å². The lowest BCUT2D eigenvalue weighted by molar-refractivity contribution is -0.151. The topological polar surface area (TPSA) is 127 Å². The largest absolute Gasteiger partial charge is 0.479 e. The zero-order chi connectivity index (χ0) is 24.6. The number of aromatic nitrogens is 3. The van der Waals surface area contributed by atoms with Gasteiger partial charge in [-0.1, -0.05) is 53.7 Å². The molecule has 0 bridgehead atoms. The predicted molar refractivity (Wildman–Crippen MR) is 124 cm³/mol. The summed E-state index contributed by atoms with van der Waals surface area (Å²) in [6.07, 6.45) is 1.85. The number of hydrogen-bond acceptors (Lipinski definition) is 6. The van der Waals surface area contributed by atoms with Gasteiger partial charge in [-0.2, -0.15) is 0 Å². The van der Waals surface area contributed by atoms with Crippen LogP contribution in [0.5, 0.6) is 0 Å². The molecule has 2 aliphatic carbocycles. The van der Waals surface area contributed by atoms with Gasteiger partial charge in [-0.15, -0.1) is 5.10 Å². The summed E-state index contributed by atoms with van der Waals surface area (Å²) in [4.78, 5) is 37.5. The van der Waals surface area contributed by atoms with Crippen molar-refractivity contribution in [3.63, 3.8) is 0 Å². The van der Waals surface area contributed by atoms with E-state index in [0.29, 0.717) is 18.5 Å². The summed E-state index contributed by atoms with van der Waals surface area (Å²) in [6.45, 7) is 0.155. The minimum atomic E-state index is -1.11. The molecule has 5 rings (SSSR count). The number of rotatable bonds is 8. The van der Waals surface area contributed by atoms with Crippen molar-refractivity contribution >= 4 is 18.0 Å². The first kappa shape index (κ1) is 22.6. The van der Waals surface area contributed by atoms with Crippen LogP contribution in [-0.2, 0) is 27.4 Å². The molecule has 0 atom stereocenters. The number of alkyl carbamates (subject to hydrolysis) is 1. The second-order valence-electron chi connectivity index (χ2n) is 8.88. The van der Waals surface area contributed by atoms with E-state index in [0.717, 1.165) is 22.3 Å². The summed E-state index contributed by atoms with van der Waals surface area (Å²) in [5, 5.41) is 19.9. The van der Waals surface area contributed by atoms with Gasteiger partial charge in [0.1, 0.15) is 24.4 Å². The Hall–Kier alpha value is -4.21. The Morgan fingerprint density at radius 1 is 1.11 bits per heavy atom. The molecule has 1 saturated carbocycles. The van der Waals surface area contributed by atoms with Gasteiger partial charge in [0.25, 0.3) is 0 Å². The first-order chi connectivity index (χ1) is 16.9. The standard InChI is InChI=1S/C25H25N5O5/c1-29(25(10-11-25)23(32)33)22(31)14-30-13-16(27-28-30)12-26-24(34)35-15-21-19-8-4-2-6-17(19)18-7-3-5-9-20(18)21/h2-9,13,21H,10-12,14-15H2,1H3,(H,26,34)(H,32,33). The number of carbonyl (C=O) groups is 3. The van der Waals surface area contributed by atoms with E-state index in [4.69, 9.17) is 4.74 Å². The number of fused-ring (bicyclic) bond motifs is 3. The number of ether oxygens (including phenoxy) is 1. The number of hydrogen-bond donors (Lipinski definition) is 2. The molecule has 2 aromatic carbocycles. The summed E-state index contributed by atoms with van der Waals surface area (Å²) < 4.78 is 6.83. The van der Waals surface area contributed by atoms with Crippen molar-refractivity contribution in [1.29, 1.82) is 0 Å². The van der Waals surface area contributed by atoms with Crippen LogP contribution in [0.1, 0.15) is 35.6 Å². The summed E-state index contributed by atoms with van der Waals surface area (Å²) in [5.74, 6) is -1.40. The molecule has 0 aliphatic heterocycles. The molecule has 1 fully saturated rings. The van der Waals surface area contributed by atoms with Gasteiger partial charge in [-0.3, -0.25) is 4.79 Å². The highest BCUT2D eigenvalue weighted by Crippen LogP contribution is 2.44. The van der Waals surface area contributed by atoms with Crippen LogP contribution in [0.3, 0.4) is 0 Å². The van der Waals surface area contributed by atoms with Crippen molar-refractivity contribution in [3.05, 3.63) is 71.5 Å². The lowest BCUT2D eigenvalue weighted by Gasteiger charge is -2.24. The molecule has 10 heteroatoms. The van der Waals surface area contributed by atoms with E-state index in [9.17, 15) is 19.5 Å². The van der Waals surface area contributed by atoms with E-state index in [1.807, 2.05) is 24.3 Å². The molecular weight excluding hydrogens is 450 g/mol.